The fourth-order valence-electron chi connectivity index (χ4n) is 1.67. The Labute approximate surface area is 112 Å². The number of carbonyl (C=O) groups is 2. The second-order valence-electron chi connectivity index (χ2n) is 4.26. The number of benzene rings is 1. The van der Waals surface area contributed by atoms with Gasteiger partial charge in [0.1, 0.15) is 5.75 Å². The van der Waals surface area contributed by atoms with E-state index in [1.54, 1.807) is 7.11 Å². The first kappa shape index (κ1) is 15.0. The van der Waals surface area contributed by atoms with Gasteiger partial charge in [0, 0.05) is 12.1 Å². The van der Waals surface area contributed by atoms with Crippen molar-refractivity contribution in [2.45, 2.75) is 26.7 Å². The minimum absolute atomic E-state index is 0.0799. The molecule has 0 bridgehead atoms. The van der Waals surface area contributed by atoms with E-state index in [1.165, 1.54) is 7.11 Å². The van der Waals surface area contributed by atoms with Crippen LogP contribution in [0.5, 0.6) is 5.75 Å². The summed E-state index contributed by atoms with van der Waals surface area (Å²) < 4.78 is 9.69. The zero-order valence-corrected chi connectivity index (χ0v) is 11.7. The van der Waals surface area contributed by atoms with E-state index in [4.69, 9.17) is 4.74 Å². The molecule has 0 heterocycles. The fourth-order valence-corrected chi connectivity index (χ4v) is 1.67. The van der Waals surface area contributed by atoms with Gasteiger partial charge in [0.05, 0.1) is 20.6 Å². The van der Waals surface area contributed by atoms with Crippen LogP contribution in [0.25, 0.3) is 0 Å². The molecule has 0 aromatic heterocycles. The van der Waals surface area contributed by atoms with Crippen molar-refractivity contribution in [1.82, 2.24) is 0 Å². The summed E-state index contributed by atoms with van der Waals surface area (Å²) in [6.45, 7) is 3.79. The molecule has 1 N–H and O–H groups in total. The molecule has 1 aromatic rings. The topological polar surface area (TPSA) is 64.6 Å². The van der Waals surface area contributed by atoms with Crippen LogP contribution in [0.3, 0.4) is 0 Å². The summed E-state index contributed by atoms with van der Waals surface area (Å²) >= 11 is 0. The molecular formula is C14H19NO4. The van der Waals surface area contributed by atoms with Gasteiger partial charge in [-0.2, -0.15) is 0 Å². The Bertz CT molecular complexity index is 483. The normalized spacial score (nSPS) is 9.89. The van der Waals surface area contributed by atoms with Crippen LogP contribution >= 0.6 is 0 Å². The van der Waals surface area contributed by atoms with Crippen LogP contribution in [0.15, 0.2) is 12.1 Å². The van der Waals surface area contributed by atoms with E-state index in [2.05, 4.69) is 10.1 Å². The molecule has 1 amide bonds. The number of hydrogen-bond donors (Lipinski definition) is 1. The monoisotopic (exact) mass is 265 g/mol. The highest BCUT2D eigenvalue weighted by Crippen LogP contribution is 2.26. The summed E-state index contributed by atoms with van der Waals surface area (Å²) in [7, 11) is 2.91. The van der Waals surface area contributed by atoms with Crippen LogP contribution in [0.4, 0.5) is 5.69 Å². The van der Waals surface area contributed by atoms with Gasteiger partial charge in [-0.25, -0.2) is 0 Å². The van der Waals surface area contributed by atoms with Crippen LogP contribution in [0.1, 0.15) is 24.0 Å². The number of ether oxygens (including phenoxy) is 2. The number of carbonyl (C=O) groups excluding carboxylic acids is 2. The molecule has 0 fully saturated rings. The first-order valence-electron chi connectivity index (χ1n) is 5.99. The Balaban J connectivity index is 2.69. The predicted molar refractivity (Wildman–Crippen MR) is 72.3 cm³/mol. The molecule has 5 heteroatoms. The number of nitrogens with one attached hydrogen (secondary N) is 1. The van der Waals surface area contributed by atoms with Gasteiger partial charge in [0.15, 0.2) is 0 Å². The van der Waals surface area contributed by atoms with Crippen LogP contribution in [-0.4, -0.2) is 26.1 Å². The van der Waals surface area contributed by atoms with Gasteiger partial charge in [0.2, 0.25) is 5.91 Å². The van der Waals surface area contributed by atoms with Gasteiger partial charge in [-0.3, -0.25) is 9.59 Å². The lowest BCUT2D eigenvalue weighted by atomic mass is 10.1. The van der Waals surface area contributed by atoms with E-state index >= 15 is 0 Å². The van der Waals surface area contributed by atoms with Crippen molar-refractivity contribution < 1.29 is 19.1 Å². The molecule has 19 heavy (non-hydrogen) atoms. The SMILES string of the molecule is COC(=O)CCC(=O)Nc1cc(C)c(OC)cc1C. The molecule has 0 saturated heterocycles. The van der Waals surface area contributed by atoms with Gasteiger partial charge in [-0.05, 0) is 37.1 Å². The Hall–Kier alpha value is -2.04. The van der Waals surface area contributed by atoms with E-state index in [9.17, 15) is 9.59 Å². The van der Waals surface area contributed by atoms with Gasteiger partial charge in [-0.15, -0.1) is 0 Å². The molecule has 0 unspecified atom stereocenters. The quantitative estimate of drug-likeness (QED) is 0.829. The summed E-state index contributed by atoms with van der Waals surface area (Å²) in [5, 5.41) is 2.78. The van der Waals surface area contributed by atoms with Crippen molar-refractivity contribution in [3.8, 4) is 5.75 Å². The van der Waals surface area contributed by atoms with Crippen molar-refractivity contribution in [2.24, 2.45) is 0 Å². The van der Waals surface area contributed by atoms with Crippen molar-refractivity contribution in [2.75, 3.05) is 19.5 Å². The smallest absolute Gasteiger partial charge is 0.306 e. The second kappa shape index (κ2) is 6.78. The number of amides is 1. The summed E-state index contributed by atoms with van der Waals surface area (Å²) in [6, 6.07) is 3.72. The van der Waals surface area contributed by atoms with Gasteiger partial charge in [-0.1, -0.05) is 0 Å². The van der Waals surface area contributed by atoms with E-state index in [-0.39, 0.29) is 18.7 Å². The third-order valence-electron chi connectivity index (χ3n) is 2.80. The van der Waals surface area contributed by atoms with E-state index < -0.39 is 5.97 Å². The molecule has 0 spiro atoms. The number of rotatable bonds is 5. The number of hydrogen-bond acceptors (Lipinski definition) is 4. The van der Waals surface area contributed by atoms with Crippen molar-refractivity contribution in [3.63, 3.8) is 0 Å². The highest BCUT2D eigenvalue weighted by molar-refractivity contribution is 5.93. The summed E-state index contributed by atoms with van der Waals surface area (Å²) in [5.74, 6) is 0.181. The highest BCUT2D eigenvalue weighted by atomic mass is 16.5. The van der Waals surface area contributed by atoms with Gasteiger partial charge in [0.25, 0.3) is 0 Å². The molecule has 0 saturated carbocycles. The standard InChI is InChI=1S/C14H19NO4/c1-9-8-12(18-3)10(2)7-11(9)15-13(16)5-6-14(17)19-4/h7-8H,5-6H2,1-4H3,(H,15,16). The lowest BCUT2D eigenvalue weighted by Gasteiger charge is -2.12. The average Bonchev–Trinajstić information content (AvgIpc) is 2.39. The van der Waals surface area contributed by atoms with Gasteiger partial charge >= 0.3 is 5.97 Å². The molecule has 0 aliphatic rings. The van der Waals surface area contributed by atoms with Crippen molar-refractivity contribution in [3.05, 3.63) is 23.3 Å². The number of anilines is 1. The van der Waals surface area contributed by atoms with E-state index in [0.29, 0.717) is 0 Å². The van der Waals surface area contributed by atoms with Crippen LogP contribution in [-0.2, 0) is 14.3 Å². The Kier molecular flexibility index (Phi) is 5.36. The van der Waals surface area contributed by atoms with Crippen molar-refractivity contribution >= 4 is 17.6 Å². The largest absolute Gasteiger partial charge is 0.496 e. The third-order valence-corrected chi connectivity index (χ3v) is 2.80. The maximum absolute atomic E-state index is 11.7. The third kappa shape index (κ3) is 4.28. The number of methoxy groups -OCH3 is 2. The zero-order valence-electron chi connectivity index (χ0n) is 11.7. The molecule has 1 aromatic carbocycles. The van der Waals surface area contributed by atoms with Crippen LogP contribution in [0.2, 0.25) is 0 Å². The van der Waals surface area contributed by atoms with Gasteiger partial charge < -0.3 is 14.8 Å². The van der Waals surface area contributed by atoms with Crippen LogP contribution in [0, 0.1) is 13.8 Å². The second-order valence-corrected chi connectivity index (χ2v) is 4.26. The minimum Gasteiger partial charge on any atom is -0.496 e. The van der Waals surface area contributed by atoms with Crippen LogP contribution < -0.4 is 10.1 Å². The first-order chi connectivity index (χ1) is 8.97. The number of esters is 1. The molecule has 0 atom stereocenters. The first-order valence-corrected chi connectivity index (χ1v) is 5.99. The summed E-state index contributed by atoms with van der Waals surface area (Å²) in [6.07, 6.45) is 0.188. The predicted octanol–water partition coefficient (Wildman–Crippen LogP) is 2.20. The number of aryl methyl sites for hydroxylation is 2. The molecular weight excluding hydrogens is 246 g/mol. The molecule has 0 aliphatic carbocycles. The minimum atomic E-state index is -0.391. The highest BCUT2D eigenvalue weighted by Gasteiger charge is 2.10. The summed E-state index contributed by atoms with van der Waals surface area (Å²) in [4.78, 5) is 22.7. The molecule has 104 valence electrons. The van der Waals surface area contributed by atoms with E-state index in [1.807, 2.05) is 26.0 Å². The maximum atomic E-state index is 11.7. The molecule has 0 radical (unpaired) electrons. The lowest BCUT2D eigenvalue weighted by Crippen LogP contribution is -2.14. The summed E-state index contributed by atoms with van der Waals surface area (Å²) in [5.41, 5.74) is 2.58. The molecule has 1 rings (SSSR count). The fraction of sp³-hybridized carbons (Fsp3) is 0.429. The Morgan fingerprint density at radius 3 is 2.37 bits per heavy atom. The maximum Gasteiger partial charge on any atom is 0.306 e. The average molecular weight is 265 g/mol. The van der Waals surface area contributed by atoms with E-state index in [0.717, 1.165) is 22.6 Å². The lowest BCUT2D eigenvalue weighted by molar-refractivity contribution is -0.141. The Morgan fingerprint density at radius 2 is 1.79 bits per heavy atom. The Morgan fingerprint density at radius 1 is 1.11 bits per heavy atom. The van der Waals surface area contributed by atoms with Crippen molar-refractivity contribution in [1.29, 1.82) is 0 Å². The zero-order chi connectivity index (χ0) is 14.4. The molecule has 5 nitrogen and oxygen atoms in total. The molecule has 0 aliphatic heterocycles.